The maximum absolute atomic E-state index is 11.4. The first kappa shape index (κ1) is 17.0. The second-order valence-electron chi connectivity index (χ2n) is 4.35. The molecule has 0 aliphatic rings. The van der Waals surface area contributed by atoms with E-state index in [4.69, 9.17) is 14.6 Å². The summed E-state index contributed by atoms with van der Waals surface area (Å²) in [6.07, 6.45) is -1.07. The van der Waals surface area contributed by atoms with Crippen molar-refractivity contribution in [1.29, 1.82) is 0 Å². The first-order valence-corrected chi connectivity index (χ1v) is 6.81. The lowest BCUT2D eigenvalue weighted by atomic mass is 10.0. The summed E-state index contributed by atoms with van der Waals surface area (Å²) in [5.41, 5.74) is 0.924. The predicted octanol–water partition coefficient (Wildman–Crippen LogP) is 1.70. The van der Waals surface area contributed by atoms with Gasteiger partial charge in [-0.15, -0.1) is 0 Å². The molecule has 2 N–H and O–H groups in total. The summed E-state index contributed by atoms with van der Waals surface area (Å²) in [6.45, 7) is 4.32. The molecule has 116 valence electrons. The van der Waals surface area contributed by atoms with Gasteiger partial charge < -0.3 is 19.7 Å². The molecule has 0 aliphatic heterocycles. The fourth-order valence-electron chi connectivity index (χ4n) is 1.87. The second-order valence-corrected chi connectivity index (χ2v) is 4.35. The number of carbonyl (C=O) groups is 2. The number of ether oxygens (including phenoxy) is 2. The molecule has 0 saturated carbocycles. The Morgan fingerprint density at radius 3 is 2.52 bits per heavy atom. The van der Waals surface area contributed by atoms with E-state index in [2.05, 4.69) is 0 Å². The van der Waals surface area contributed by atoms with Crippen molar-refractivity contribution in [1.82, 2.24) is 0 Å². The zero-order chi connectivity index (χ0) is 15.8. The lowest BCUT2D eigenvalue weighted by molar-refractivity contribution is -0.147. The minimum atomic E-state index is -1.60. The Morgan fingerprint density at radius 1 is 1.24 bits per heavy atom. The van der Waals surface area contributed by atoms with Gasteiger partial charge in [0, 0.05) is 6.42 Å². The van der Waals surface area contributed by atoms with Gasteiger partial charge in [0.2, 0.25) is 0 Å². The van der Waals surface area contributed by atoms with Gasteiger partial charge in [-0.1, -0.05) is 6.07 Å². The fraction of sp³-hybridized carbons (Fsp3) is 0.467. The standard InChI is InChI=1S/C15H20O6/c1-3-20-12-7-5-11(14(17)15(18)19)9-10(12)6-8-13(16)21-4-2/h5,7,9,14,17H,3-4,6,8H2,1-2H3,(H,18,19). The van der Waals surface area contributed by atoms with Crippen LogP contribution in [0, 0.1) is 0 Å². The Kier molecular flexibility index (Phi) is 6.68. The van der Waals surface area contributed by atoms with Gasteiger partial charge in [-0.25, -0.2) is 4.79 Å². The number of aliphatic hydroxyl groups excluding tert-OH is 1. The van der Waals surface area contributed by atoms with Crippen LogP contribution < -0.4 is 4.74 Å². The van der Waals surface area contributed by atoms with Crippen LogP contribution in [-0.4, -0.2) is 35.4 Å². The van der Waals surface area contributed by atoms with Crippen LogP contribution in [-0.2, 0) is 20.7 Å². The fourth-order valence-corrected chi connectivity index (χ4v) is 1.87. The van der Waals surface area contributed by atoms with Crippen molar-refractivity contribution in [2.75, 3.05) is 13.2 Å². The van der Waals surface area contributed by atoms with E-state index < -0.39 is 12.1 Å². The molecule has 1 rings (SSSR count). The van der Waals surface area contributed by atoms with Gasteiger partial charge in [0.1, 0.15) is 5.75 Å². The summed E-state index contributed by atoms with van der Waals surface area (Å²) in [5, 5.41) is 18.4. The topological polar surface area (TPSA) is 93.1 Å². The number of aryl methyl sites for hydroxylation is 1. The first-order valence-electron chi connectivity index (χ1n) is 6.81. The molecule has 6 heteroatoms. The average Bonchev–Trinajstić information content (AvgIpc) is 2.46. The zero-order valence-corrected chi connectivity index (χ0v) is 12.2. The van der Waals surface area contributed by atoms with Crippen LogP contribution in [0.25, 0.3) is 0 Å². The van der Waals surface area contributed by atoms with E-state index in [0.29, 0.717) is 30.9 Å². The number of benzene rings is 1. The van der Waals surface area contributed by atoms with Crippen molar-refractivity contribution in [3.63, 3.8) is 0 Å². The molecule has 0 radical (unpaired) electrons. The summed E-state index contributed by atoms with van der Waals surface area (Å²) >= 11 is 0. The number of carbonyl (C=O) groups excluding carboxylic acids is 1. The summed E-state index contributed by atoms with van der Waals surface area (Å²) in [6, 6.07) is 4.64. The number of hydrogen-bond acceptors (Lipinski definition) is 5. The zero-order valence-electron chi connectivity index (χ0n) is 12.2. The Morgan fingerprint density at radius 2 is 1.95 bits per heavy atom. The van der Waals surface area contributed by atoms with Crippen molar-refractivity contribution < 1.29 is 29.3 Å². The predicted molar refractivity (Wildman–Crippen MR) is 75.2 cm³/mol. The van der Waals surface area contributed by atoms with E-state index in [0.717, 1.165) is 0 Å². The molecule has 0 amide bonds. The quantitative estimate of drug-likeness (QED) is 0.709. The number of rotatable bonds is 8. The SMILES string of the molecule is CCOC(=O)CCc1cc(C(O)C(=O)O)ccc1OCC. The van der Waals surface area contributed by atoms with E-state index in [1.165, 1.54) is 6.07 Å². The van der Waals surface area contributed by atoms with Gasteiger partial charge in [-0.2, -0.15) is 0 Å². The van der Waals surface area contributed by atoms with E-state index in [-0.39, 0.29) is 18.0 Å². The van der Waals surface area contributed by atoms with Crippen molar-refractivity contribution in [3.8, 4) is 5.75 Å². The molecule has 1 atom stereocenters. The van der Waals surface area contributed by atoms with Gasteiger partial charge in [0.15, 0.2) is 6.10 Å². The molecule has 1 unspecified atom stereocenters. The van der Waals surface area contributed by atoms with Crippen molar-refractivity contribution in [2.45, 2.75) is 32.8 Å². The van der Waals surface area contributed by atoms with Crippen molar-refractivity contribution in [2.24, 2.45) is 0 Å². The maximum Gasteiger partial charge on any atom is 0.337 e. The number of esters is 1. The highest BCUT2D eigenvalue weighted by molar-refractivity contribution is 5.74. The number of aliphatic hydroxyl groups is 1. The Balaban J connectivity index is 2.92. The Labute approximate surface area is 123 Å². The maximum atomic E-state index is 11.4. The van der Waals surface area contributed by atoms with Crippen LogP contribution in [0.1, 0.15) is 37.5 Å². The Hall–Kier alpha value is -2.08. The van der Waals surface area contributed by atoms with Crippen LogP contribution in [0.5, 0.6) is 5.75 Å². The highest BCUT2D eigenvalue weighted by Gasteiger charge is 2.18. The lowest BCUT2D eigenvalue weighted by Gasteiger charge is -2.13. The molecule has 1 aromatic carbocycles. The van der Waals surface area contributed by atoms with Crippen LogP contribution in [0.2, 0.25) is 0 Å². The molecule has 6 nitrogen and oxygen atoms in total. The van der Waals surface area contributed by atoms with Crippen molar-refractivity contribution in [3.05, 3.63) is 29.3 Å². The molecular formula is C15H20O6. The normalized spacial score (nSPS) is 11.8. The van der Waals surface area contributed by atoms with Gasteiger partial charge >= 0.3 is 11.9 Å². The van der Waals surface area contributed by atoms with Crippen LogP contribution in [0.4, 0.5) is 0 Å². The minimum Gasteiger partial charge on any atom is -0.494 e. The molecular weight excluding hydrogens is 276 g/mol. The lowest BCUT2D eigenvalue weighted by Crippen LogP contribution is -2.12. The average molecular weight is 296 g/mol. The number of hydrogen-bond donors (Lipinski definition) is 2. The van der Waals surface area contributed by atoms with Gasteiger partial charge in [-0.05, 0) is 43.5 Å². The molecule has 1 aromatic rings. The third-order valence-corrected chi connectivity index (χ3v) is 2.84. The molecule has 0 fully saturated rings. The third-order valence-electron chi connectivity index (χ3n) is 2.84. The van der Waals surface area contributed by atoms with Crippen molar-refractivity contribution >= 4 is 11.9 Å². The molecule has 0 spiro atoms. The number of carboxylic acid groups (broad SMARTS) is 1. The molecule has 0 aromatic heterocycles. The van der Waals surface area contributed by atoms with E-state index in [1.807, 2.05) is 6.92 Å². The van der Waals surface area contributed by atoms with Crippen LogP contribution in [0.15, 0.2) is 18.2 Å². The summed E-state index contributed by atoms with van der Waals surface area (Å²) in [5.74, 6) is -1.08. The summed E-state index contributed by atoms with van der Waals surface area (Å²) < 4.78 is 10.3. The molecule has 21 heavy (non-hydrogen) atoms. The van der Waals surface area contributed by atoms with Gasteiger partial charge in [-0.3, -0.25) is 4.79 Å². The highest BCUT2D eigenvalue weighted by atomic mass is 16.5. The summed E-state index contributed by atoms with van der Waals surface area (Å²) in [4.78, 5) is 22.2. The number of aliphatic carboxylic acids is 1. The second kappa shape index (κ2) is 8.26. The molecule has 0 bridgehead atoms. The molecule has 0 heterocycles. The van der Waals surface area contributed by atoms with Gasteiger partial charge in [0.05, 0.1) is 13.2 Å². The number of carboxylic acids is 1. The minimum absolute atomic E-state index is 0.167. The highest BCUT2D eigenvalue weighted by Crippen LogP contribution is 2.25. The van der Waals surface area contributed by atoms with Gasteiger partial charge in [0.25, 0.3) is 0 Å². The first-order chi connectivity index (χ1) is 9.99. The smallest absolute Gasteiger partial charge is 0.337 e. The monoisotopic (exact) mass is 296 g/mol. The summed E-state index contributed by atoms with van der Waals surface area (Å²) in [7, 11) is 0. The van der Waals surface area contributed by atoms with Crippen LogP contribution >= 0.6 is 0 Å². The van der Waals surface area contributed by atoms with Crippen LogP contribution in [0.3, 0.4) is 0 Å². The van der Waals surface area contributed by atoms with E-state index >= 15 is 0 Å². The Bertz CT molecular complexity index is 497. The largest absolute Gasteiger partial charge is 0.494 e. The van der Waals surface area contributed by atoms with E-state index in [9.17, 15) is 14.7 Å². The third kappa shape index (κ3) is 5.07. The van der Waals surface area contributed by atoms with E-state index in [1.54, 1.807) is 19.1 Å². The molecule has 0 saturated heterocycles. The molecule has 0 aliphatic carbocycles.